The second-order valence-electron chi connectivity index (χ2n) is 9.84. The van der Waals surface area contributed by atoms with Crippen molar-refractivity contribution in [2.24, 2.45) is 0 Å². The molecule has 0 aliphatic rings. The molecular formula is C28H24B2F3N. The average Bonchev–Trinajstić information content (AvgIpc) is 2.76. The van der Waals surface area contributed by atoms with Crippen molar-refractivity contribution in [2.75, 3.05) is 0 Å². The van der Waals surface area contributed by atoms with Crippen molar-refractivity contribution in [3.05, 3.63) is 89.6 Å². The zero-order chi connectivity index (χ0) is 24.9. The summed E-state index contributed by atoms with van der Waals surface area (Å²) < 4.78 is 39.6. The number of benzene rings is 3. The number of fused-ring (bicyclic) bond motifs is 1. The minimum Gasteiger partial charge on any atom is -0.256 e. The third-order valence-electron chi connectivity index (χ3n) is 5.99. The lowest BCUT2D eigenvalue weighted by molar-refractivity contribution is -0.137. The molecule has 34 heavy (non-hydrogen) atoms. The van der Waals surface area contributed by atoms with Gasteiger partial charge in [-0.15, -0.1) is 0 Å². The molecule has 4 radical (unpaired) electrons. The van der Waals surface area contributed by atoms with Gasteiger partial charge in [0.15, 0.2) is 0 Å². The van der Waals surface area contributed by atoms with E-state index in [4.69, 9.17) is 15.7 Å². The highest BCUT2D eigenvalue weighted by Crippen LogP contribution is 2.40. The van der Waals surface area contributed by atoms with E-state index in [-0.39, 0.29) is 0 Å². The second-order valence-corrected chi connectivity index (χ2v) is 9.84. The molecule has 0 amide bonds. The number of alkyl halides is 3. The maximum absolute atomic E-state index is 13.2. The van der Waals surface area contributed by atoms with Crippen LogP contribution in [-0.2, 0) is 16.8 Å². The summed E-state index contributed by atoms with van der Waals surface area (Å²) in [4.78, 5) is 4.56. The Kier molecular flexibility index (Phi) is 5.91. The minimum absolute atomic E-state index is 0.506. The third-order valence-corrected chi connectivity index (χ3v) is 5.99. The van der Waals surface area contributed by atoms with Gasteiger partial charge in [-0.3, -0.25) is 4.98 Å². The van der Waals surface area contributed by atoms with Crippen LogP contribution in [0.5, 0.6) is 0 Å². The van der Waals surface area contributed by atoms with Crippen molar-refractivity contribution in [3.8, 4) is 22.4 Å². The third kappa shape index (κ3) is 4.64. The van der Waals surface area contributed by atoms with Crippen LogP contribution >= 0.6 is 0 Å². The van der Waals surface area contributed by atoms with E-state index >= 15 is 0 Å². The Morgan fingerprint density at radius 3 is 1.94 bits per heavy atom. The van der Waals surface area contributed by atoms with Crippen LogP contribution in [0.25, 0.3) is 33.2 Å². The first-order valence-corrected chi connectivity index (χ1v) is 11.1. The maximum atomic E-state index is 13.2. The van der Waals surface area contributed by atoms with Crippen LogP contribution in [0.3, 0.4) is 0 Å². The largest absolute Gasteiger partial charge is 0.416 e. The molecule has 0 aliphatic heterocycles. The van der Waals surface area contributed by atoms with E-state index in [1.165, 1.54) is 12.1 Å². The zero-order valence-corrected chi connectivity index (χ0v) is 19.7. The Bertz CT molecular complexity index is 1330. The topological polar surface area (TPSA) is 12.9 Å². The number of hydrogen-bond acceptors (Lipinski definition) is 1. The first kappa shape index (κ1) is 24.1. The van der Waals surface area contributed by atoms with Crippen LogP contribution in [-0.4, -0.2) is 20.7 Å². The van der Waals surface area contributed by atoms with Crippen LogP contribution in [0.2, 0.25) is 0 Å². The van der Waals surface area contributed by atoms with E-state index in [2.05, 4.69) is 4.98 Å². The SMILES string of the molecule is [B]C(C)(C)c1cccc(C([B])(C)C)c1-c1ccnc(-c2cccc3cc(C(F)(F)F)ccc23)c1. The quantitative estimate of drug-likeness (QED) is 0.294. The van der Waals surface area contributed by atoms with E-state index in [0.29, 0.717) is 16.5 Å². The first-order valence-electron chi connectivity index (χ1n) is 11.1. The van der Waals surface area contributed by atoms with Gasteiger partial charge in [-0.05, 0) is 67.9 Å². The molecule has 0 saturated heterocycles. The van der Waals surface area contributed by atoms with Crippen LogP contribution in [0.4, 0.5) is 13.2 Å². The van der Waals surface area contributed by atoms with Crippen LogP contribution < -0.4 is 0 Å². The van der Waals surface area contributed by atoms with E-state index in [1.807, 2.05) is 64.1 Å². The normalized spacial score (nSPS) is 12.8. The molecule has 1 nitrogen and oxygen atoms in total. The monoisotopic (exact) mass is 453 g/mol. The smallest absolute Gasteiger partial charge is 0.256 e. The van der Waals surface area contributed by atoms with E-state index in [0.717, 1.165) is 33.9 Å². The fraction of sp³-hybridized carbons (Fsp3) is 0.250. The molecule has 0 atom stereocenters. The van der Waals surface area contributed by atoms with Crippen molar-refractivity contribution >= 4 is 26.5 Å². The van der Waals surface area contributed by atoms with E-state index in [9.17, 15) is 13.2 Å². The molecule has 0 bridgehead atoms. The minimum atomic E-state index is -4.40. The number of nitrogens with zero attached hydrogens (tertiary/aromatic N) is 1. The Morgan fingerprint density at radius 1 is 0.735 bits per heavy atom. The van der Waals surface area contributed by atoms with Crippen molar-refractivity contribution in [2.45, 2.75) is 44.5 Å². The van der Waals surface area contributed by atoms with E-state index in [1.54, 1.807) is 18.3 Å². The van der Waals surface area contributed by atoms with Gasteiger partial charge in [-0.2, -0.15) is 13.2 Å². The van der Waals surface area contributed by atoms with Crippen LogP contribution in [0, 0.1) is 0 Å². The summed E-state index contributed by atoms with van der Waals surface area (Å²) in [6, 6.07) is 18.9. The van der Waals surface area contributed by atoms with Gasteiger partial charge in [0, 0.05) is 11.8 Å². The Morgan fingerprint density at radius 2 is 1.35 bits per heavy atom. The molecule has 1 heterocycles. The van der Waals surface area contributed by atoms with Gasteiger partial charge in [0.1, 0.15) is 0 Å². The predicted octanol–water partition coefficient (Wildman–Crippen LogP) is 7.39. The Balaban J connectivity index is 1.94. The lowest BCUT2D eigenvalue weighted by Gasteiger charge is -2.31. The molecule has 0 N–H and O–H groups in total. The number of aromatic nitrogens is 1. The Labute approximate surface area is 201 Å². The number of halogens is 3. The summed E-state index contributed by atoms with van der Waals surface area (Å²) in [6.07, 6.45) is -2.69. The highest BCUT2D eigenvalue weighted by molar-refractivity contribution is 6.17. The molecule has 4 rings (SSSR count). The number of rotatable bonds is 4. The standard InChI is InChI=1S/C28H24B2F3N/c1-26(2,29)22-9-6-10-23(27(3,4)30)25(22)18-13-14-34-24(16-18)21-8-5-7-17-15-19(28(31,32)33)11-12-20(17)21/h5-16H,1-4H3. The van der Waals surface area contributed by atoms with Crippen LogP contribution in [0.1, 0.15) is 44.4 Å². The molecule has 6 heteroatoms. The van der Waals surface area contributed by atoms with Gasteiger partial charge in [-0.25, -0.2) is 0 Å². The van der Waals surface area contributed by atoms with Gasteiger partial charge in [0.25, 0.3) is 0 Å². The molecule has 0 aliphatic carbocycles. The molecule has 0 spiro atoms. The predicted molar refractivity (Wildman–Crippen MR) is 135 cm³/mol. The summed E-state index contributed by atoms with van der Waals surface area (Å²) >= 11 is 0. The number of hydrogen-bond donors (Lipinski definition) is 0. The molecule has 0 unspecified atom stereocenters. The van der Waals surface area contributed by atoms with Crippen molar-refractivity contribution in [1.29, 1.82) is 0 Å². The summed E-state index contributed by atoms with van der Waals surface area (Å²) in [5.41, 5.74) is 4.50. The second kappa shape index (κ2) is 8.33. The molecule has 0 saturated carbocycles. The molecular weight excluding hydrogens is 429 g/mol. The van der Waals surface area contributed by atoms with Crippen molar-refractivity contribution < 1.29 is 13.2 Å². The molecule has 0 fully saturated rings. The highest BCUT2D eigenvalue weighted by Gasteiger charge is 2.30. The lowest BCUT2D eigenvalue weighted by atomic mass is 9.60. The van der Waals surface area contributed by atoms with Crippen molar-refractivity contribution in [3.63, 3.8) is 0 Å². The fourth-order valence-corrected chi connectivity index (χ4v) is 4.35. The summed E-state index contributed by atoms with van der Waals surface area (Å²) in [5.74, 6) is 0. The van der Waals surface area contributed by atoms with E-state index < -0.39 is 22.4 Å². The number of pyridine rings is 1. The van der Waals surface area contributed by atoms with Gasteiger partial charge < -0.3 is 0 Å². The average molecular weight is 453 g/mol. The Hall–Kier alpha value is -3.01. The van der Waals surface area contributed by atoms with Crippen molar-refractivity contribution in [1.82, 2.24) is 4.98 Å². The fourth-order valence-electron chi connectivity index (χ4n) is 4.35. The molecule has 4 aromatic rings. The highest BCUT2D eigenvalue weighted by atomic mass is 19.4. The molecule has 168 valence electrons. The summed E-state index contributed by atoms with van der Waals surface area (Å²) in [7, 11) is 13.1. The molecule has 1 aromatic heterocycles. The first-order chi connectivity index (χ1) is 15.8. The summed E-state index contributed by atoms with van der Waals surface area (Å²) in [5, 5.41) is -0.0280. The van der Waals surface area contributed by atoms with Gasteiger partial charge in [0.05, 0.1) is 26.9 Å². The van der Waals surface area contributed by atoms with Gasteiger partial charge in [-0.1, -0.05) is 70.2 Å². The lowest BCUT2D eigenvalue weighted by Crippen LogP contribution is -2.23. The zero-order valence-electron chi connectivity index (χ0n) is 19.7. The van der Waals surface area contributed by atoms with Crippen LogP contribution in [0.15, 0.2) is 72.9 Å². The maximum Gasteiger partial charge on any atom is 0.416 e. The molecule has 3 aromatic carbocycles. The summed E-state index contributed by atoms with van der Waals surface area (Å²) in [6.45, 7) is 7.79. The van der Waals surface area contributed by atoms with Gasteiger partial charge >= 0.3 is 6.18 Å². The van der Waals surface area contributed by atoms with Gasteiger partial charge in [0.2, 0.25) is 0 Å².